The lowest BCUT2D eigenvalue weighted by Gasteiger charge is -2.06. The van der Waals surface area contributed by atoms with Crippen molar-refractivity contribution in [2.45, 2.75) is 0 Å². The fraction of sp³-hybridized carbons (Fsp3) is 0. The van der Waals surface area contributed by atoms with Crippen molar-refractivity contribution in [1.29, 1.82) is 0 Å². The van der Waals surface area contributed by atoms with Gasteiger partial charge in [0.2, 0.25) is 0 Å². The molecule has 0 fully saturated rings. The van der Waals surface area contributed by atoms with Gasteiger partial charge in [-0.15, -0.1) is 0 Å². The molecule has 0 aliphatic carbocycles. The lowest BCUT2D eigenvalue weighted by molar-refractivity contribution is 1.05. The third-order valence-corrected chi connectivity index (χ3v) is 3.22. The molecule has 0 saturated heterocycles. The van der Waals surface area contributed by atoms with E-state index in [-0.39, 0.29) is 0 Å². The number of anilines is 1. The number of aromatic amines is 1. The SMILES string of the molecule is S=C(N/N=C\c1cccc2[nH]ccc12)Nc1ccccc1. The van der Waals surface area contributed by atoms with Crippen LogP contribution >= 0.6 is 12.2 Å². The second kappa shape index (κ2) is 6.19. The zero-order valence-electron chi connectivity index (χ0n) is 11.2. The first-order valence-corrected chi connectivity index (χ1v) is 6.95. The minimum absolute atomic E-state index is 0.457. The standard InChI is InChI=1S/C16H14N4S/c21-16(19-13-6-2-1-3-7-13)20-18-11-12-5-4-8-15-14(12)9-10-17-15/h1-11,17H,(H2,19,20,21)/b18-11-. The molecule has 1 aromatic heterocycles. The number of rotatable bonds is 3. The van der Waals surface area contributed by atoms with Crippen LogP contribution in [0.5, 0.6) is 0 Å². The van der Waals surface area contributed by atoms with Crippen molar-refractivity contribution in [1.82, 2.24) is 10.4 Å². The minimum Gasteiger partial charge on any atom is -0.361 e. The Kier molecular flexibility index (Phi) is 3.93. The van der Waals surface area contributed by atoms with Crippen LogP contribution in [0, 0.1) is 0 Å². The average molecular weight is 294 g/mol. The molecule has 21 heavy (non-hydrogen) atoms. The number of hydrogen-bond donors (Lipinski definition) is 3. The van der Waals surface area contributed by atoms with E-state index in [4.69, 9.17) is 12.2 Å². The number of fused-ring (bicyclic) bond motifs is 1. The maximum Gasteiger partial charge on any atom is 0.191 e. The summed E-state index contributed by atoms with van der Waals surface area (Å²) in [6.07, 6.45) is 3.67. The molecule has 0 amide bonds. The monoisotopic (exact) mass is 294 g/mol. The van der Waals surface area contributed by atoms with Crippen molar-refractivity contribution in [2.24, 2.45) is 5.10 Å². The summed E-state index contributed by atoms with van der Waals surface area (Å²) < 4.78 is 0. The number of nitrogens with zero attached hydrogens (tertiary/aromatic N) is 1. The van der Waals surface area contributed by atoms with Gasteiger partial charge in [-0.1, -0.05) is 30.3 Å². The summed E-state index contributed by atoms with van der Waals surface area (Å²) in [5.74, 6) is 0. The quantitative estimate of drug-likeness (QED) is 0.394. The first kappa shape index (κ1) is 13.3. The van der Waals surface area contributed by atoms with Crippen LogP contribution in [-0.2, 0) is 0 Å². The second-order valence-electron chi connectivity index (χ2n) is 4.48. The van der Waals surface area contributed by atoms with E-state index >= 15 is 0 Å². The van der Waals surface area contributed by atoms with E-state index in [0.717, 1.165) is 22.2 Å². The summed E-state index contributed by atoms with van der Waals surface area (Å²) in [4.78, 5) is 3.17. The molecule has 3 N–H and O–H groups in total. The van der Waals surface area contributed by atoms with Crippen molar-refractivity contribution >= 4 is 40.1 Å². The van der Waals surface area contributed by atoms with Gasteiger partial charge in [-0.3, -0.25) is 5.43 Å². The highest BCUT2D eigenvalue weighted by Gasteiger charge is 1.99. The number of hydrogen-bond acceptors (Lipinski definition) is 2. The van der Waals surface area contributed by atoms with Gasteiger partial charge in [0.15, 0.2) is 5.11 Å². The van der Waals surface area contributed by atoms with Gasteiger partial charge in [-0.2, -0.15) is 5.10 Å². The zero-order chi connectivity index (χ0) is 14.5. The van der Waals surface area contributed by atoms with Gasteiger partial charge in [0.25, 0.3) is 0 Å². The summed E-state index contributed by atoms with van der Waals surface area (Å²) in [6, 6.07) is 17.8. The Bertz CT molecular complexity index is 777. The van der Waals surface area contributed by atoms with Crippen molar-refractivity contribution in [2.75, 3.05) is 5.32 Å². The van der Waals surface area contributed by atoms with Gasteiger partial charge in [0.1, 0.15) is 0 Å². The molecule has 0 saturated carbocycles. The number of H-pyrrole nitrogens is 1. The van der Waals surface area contributed by atoms with Gasteiger partial charge in [0.05, 0.1) is 6.21 Å². The van der Waals surface area contributed by atoms with E-state index in [1.807, 2.05) is 60.8 Å². The number of para-hydroxylation sites is 1. The Balaban J connectivity index is 1.64. The minimum atomic E-state index is 0.457. The van der Waals surface area contributed by atoms with E-state index in [1.165, 1.54) is 0 Å². The highest BCUT2D eigenvalue weighted by atomic mass is 32.1. The van der Waals surface area contributed by atoms with Gasteiger partial charge >= 0.3 is 0 Å². The summed E-state index contributed by atoms with van der Waals surface area (Å²) in [6.45, 7) is 0. The number of thiocarbonyl (C=S) groups is 1. The summed E-state index contributed by atoms with van der Waals surface area (Å²) in [7, 11) is 0. The normalized spacial score (nSPS) is 10.9. The topological polar surface area (TPSA) is 52.2 Å². The Morgan fingerprint density at radius 2 is 1.90 bits per heavy atom. The Labute approximate surface area is 127 Å². The highest BCUT2D eigenvalue weighted by molar-refractivity contribution is 7.80. The number of nitrogens with one attached hydrogen (secondary N) is 3. The molecule has 3 rings (SSSR count). The maximum atomic E-state index is 5.19. The molecule has 0 spiro atoms. The molecule has 0 aliphatic rings. The van der Waals surface area contributed by atoms with E-state index in [9.17, 15) is 0 Å². The molecule has 1 heterocycles. The number of benzene rings is 2. The van der Waals surface area contributed by atoms with E-state index < -0.39 is 0 Å². The van der Waals surface area contributed by atoms with Crippen LogP contribution in [0.2, 0.25) is 0 Å². The molecule has 5 heteroatoms. The largest absolute Gasteiger partial charge is 0.361 e. The predicted octanol–water partition coefficient (Wildman–Crippen LogP) is 3.49. The molecule has 0 bridgehead atoms. The summed E-state index contributed by atoms with van der Waals surface area (Å²) >= 11 is 5.19. The third kappa shape index (κ3) is 3.27. The van der Waals surface area contributed by atoms with Crippen LogP contribution < -0.4 is 10.7 Å². The number of aromatic nitrogens is 1. The smallest absolute Gasteiger partial charge is 0.191 e. The van der Waals surface area contributed by atoms with Crippen molar-refractivity contribution in [3.05, 3.63) is 66.4 Å². The van der Waals surface area contributed by atoms with Crippen LogP contribution in [-0.4, -0.2) is 16.3 Å². The van der Waals surface area contributed by atoms with Gasteiger partial charge in [0, 0.05) is 28.4 Å². The molecular formula is C16H14N4S. The molecule has 0 aliphatic heterocycles. The Morgan fingerprint density at radius 3 is 2.76 bits per heavy atom. The molecule has 0 atom stereocenters. The summed E-state index contributed by atoms with van der Waals surface area (Å²) in [5, 5.41) is 8.82. The van der Waals surface area contributed by atoms with Gasteiger partial charge in [-0.05, 0) is 36.5 Å². The van der Waals surface area contributed by atoms with Crippen LogP contribution in [0.4, 0.5) is 5.69 Å². The first-order chi connectivity index (χ1) is 10.3. The molecule has 0 radical (unpaired) electrons. The fourth-order valence-corrected chi connectivity index (χ4v) is 2.23. The van der Waals surface area contributed by atoms with Gasteiger partial charge < -0.3 is 10.3 Å². The Morgan fingerprint density at radius 1 is 1.05 bits per heavy atom. The second-order valence-corrected chi connectivity index (χ2v) is 4.88. The fourth-order valence-electron chi connectivity index (χ4n) is 2.06. The molecule has 3 aromatic rings. The van der Waals surface area contributed by atoms with E-state index in [1.54, 1.807) is 6.21 Å². The first-order valence-electron chi connectivity index (χ1n) is 6.54. The van der Waals surface area contributed by atoms with E-state index in [0.29, 0.717) is 5.11 Å². The van der Waals surface area contributed by atoms with Crippen molar-refractivity contribution in [3.63, 3.8) is 0 Å². The van der Waals surface area contributed by atoms with E-state index in [2.05, 4.69) is 20.8 Å². The highest BCUT2D eigenvalue weighted by Crippen LogP contribution is 2.15. The molecule has 104 valence electrons. The third-order valence-electron chi connectivity index (χ3n) is 3.03. The maximum absolute atomic E-state index is 5.19. The van der Waals surface area contributed by atoms with Crippen LogP contribution in [0.1, 0.15) is 5.56 Å². The van der Waals surface area contributed by atoms with Crippen LogP contribution in [0.3, 0.4) is 0 Å². The lowest BCUT2D eigenvalue weighted by Crippen LogP contribution is -2.23. The predicted molar refractivity (Wildman–Crippen MR) is 91.7 cm³/mol. The number of hydrazone groups is 1. The summed E-state index contributed by atoms with van der Waals surface area (Å²) in [5.41, 5.74) is 5.86. The van der Waals surface area contributed by atoms with Crippen LogP contribution in [0.25, 0.3) is 10.9 Å². The van der Waals surface area contributed by atoms with Crippen molar-refractivity contribution in [3.8, 4) is 0 Å². The molecule has 4 nitrogen and oxygen atoms in total. The molecular weight excluding hydrogens is 280 g/mol. The van der Waals surface area contributed by atoms with Crippen molar-refractivity contribution < 1.29 is 0 Å². The zero-order valence-corrected chi connectivity index (χ0v) is 12.0. The van der Waals surface area contributed by atoms with Crippen LogP contribution in [0.15, 0.2) is 65.9 Å². The lowest BCUT2D eigenvalue weighted by atomic mass is 10.1. The molecule has 2 aromatic carbocycles. The van der Waals surface area contributed by atoms with Gasteiger partial charge in [-0.25, -0.2) is 0 Å². The molecule has 0 unspecified atom stereocenters. The Hall–Kier alpha value is -2.66. The average Bonchev–Trinajstić information content (AvgIpc) is 2.97.